The minimum atomic E-state index is -0.113. The fourth-order valence-corrected chi connectivity index (χ4v) is 2.08. The Kier molecular flexibility index (Phi) is 4.39. The summed E-state index contributed by atoms with van der Waals surface area (Å²) in [5, 5.41) is 8.82. The van der Waals surface area contributed by atoms with Crippen LogP contribution in [0.5, 0.6) is 0 Å². The fourth-order valence-electron chi connectivity index (χ4n) is 2.08. The molecule has 0 aliphatic heterocycles. The molecule has 0 fully saturated rings. The predicted molar refractivity (Wildman–Crippen MR) is 82.6 cm³/mol. The first-order valence-corrected chi connectivity index (χ1v) is 6.82. The molecule has 0 bridgehead atoms. The van der Waals surface area contributed by atoms with Crippen molar-refractivity contribution in [3.05, 3.63) is 52.6 Å². The fraction of sp³-hybridized carbons (Fsp3) is 0.312. The largest absolute Gasteiger partial charge is 0.325 e. The summed E-state index contributed by atoms with van der Waals surface area (Å²) in [7, 11) is 1.80. The summed E-state index contributed by atoms with van der Waals surface area (Å²) in [6, 6.07) is 9.13. The van der Waals surface area contributed by atoms with E-state index < -0.39 is 0 Å². The summed E-state index contributed by atoms with van der Waals surface area (Å²) in [6.45, 7) is 4.79. The standard InChI is InChI=1S/C16H18N4O/c1-12(2)11-20-9-8-18-15(16(20)21)19(3)14-6-4-13(10-17)5-7-14/h4-9,12H,11H2,1-3H3. The molecule has 0 aliphatic rings. The van der Waals surface area contributed by atoms with Gasteiger partial charge in [0, 0.05) is 31.7 Å². The van der Waals surface area contributed by atoms with Gasteiger partial charge in [-0.1, -0.05) is 13.8 Å². The van der Waals surface area contributed by atoms with Gasteiger partial charge in [-0.2, -0.15) is 5.26 Å². The summed E-state index contributed by atoms with van der Waals surface area (Å²) in [4.78, 5) is 18.4. The number of hydrogen-bond acceptors (Lipinski definition) is 4. The molecule has 5 heteroatoms. The van der Waals surface area contributed by atoms with E-state index in [1.165, 1.54) is 0 Å². The van der Waals surface area contributed by atoms with Gasteiger partial charge in [0.1, 0.15) is 0 Å². The highest BCUT2D eigenvalue weighted by Gasteiger charge is 2.12. The van der Waals surface area contributed by atoms with E-state index in [0.717, 1.165) is 5.69 Å². The van der Waals surface area contributed by atoms with Crippen molar-refractivity contribution >= 4 is 11.5 Å². The lowest BCUT2D eigenvalue weighted by Crippen LogP contribution is -2.29. The zero-order valence-electron chi connectivity index (χ0n) is 12.4. The van der Waals surface area contributed by atoms with E-state index in [1.54, 1.807) is 53.2 Å². The Morgan fingerprint density at radius 1 is 1.33 bits per heavy atom. The van der Waals surface area contributed by atoms with Gasteiger partial charge in [-0.15, -0.1) is 0 Å². The van der Waals surface area contributed by atoms with Crippen molar-refractivity contribution < 1.29 is 0 Å². The van der Waals surface area contributed by atoms with E-state index in [-0.39, 0.29) is 5.56 Å². The molecule has 1 heterocycles. The monoisotopic (exact) mass is 282 g/mol. The Morgan fingerprint density at radius 2 is 2.00 bits per heavy atom. The van der Waals surface area contributed by atoms with Crippen LogP contribution in [0.15, 0.2) is 41.5 Å². The minimum absolute atomic E-state index is 0.113. The molecule has 2 aromatic rings. The Balaban J connectivity index is 2.36. The van der Waals surface area contributed by atoms with Gasteiger partial charge in [0.15, 0.2) is 5.82 Å². The van der Waals surface area contributed by atoms with Crippen LogP contribution in [0, 0.1) is 17.2 Å². The van der Waals surface area contributed by atoms with Crippen LogP contribution in [-0.2, 0) is 6.54 Å². The summed E-state index contributed by atoms with van der Waals surface area (Å²) < 4.78 is 1.67. The number of benzene rings is 1. The highest BCUT2D eigenvalue weighted by Crippen LogP contribution is 2.19. The maximum absolute atomic E-state index is 12.4. The zero-order valence-corrected chi connectivity index (χ0v) is 12.4. The average molecular weight is 282 g/mol. The Morgan fingerprint density at radius 3 is 2.57 bits per heavy atom. The Hall–Kier alpha value is -2.61. The molecule has 2 rings (SSSR count). The van der Waals surface area contributed by atoms with Gasteiger partial charge in [-0.05, 0) is 30.2 Å². The molecule has 0 N–H and O–H groups in total. The first kappa shape index (κ1) is 14.8. The van der Waals surface area contributed by atoms with Crippen molar-refractivity contribution in [1.29, 1.82) is 5.26 Å². The van der Waals surface area contributed by atoms with E-state index in [2.05, 4.69) is 24.9 Å². The molecule has 0 radical (unpaired) electrons. The summed E-state index contributed by atoms with van der Waals surface area (Å²) >= 11 is 0. The number of anilines is 2. The van der Waals surface area contributed by atoms with Gasteiger partial charge in [0.05, 0.1) is 11.6 Å². The molecule has 5 nitrogen and oxygen atoms in total. The van der Waals surface area contributed by atoms with E-state index in [4.69, 9.17) is 5.26 Å². The molecule has 0 spiro atoms. The third kappa shape index (κ3) is 3.29. The second kappa shape index (κ2) is 6.23. The first-order chi connectivity index (χ1) is 10.0. The molecule has 0 unspecified atom stereocenters. The van der Waals surface area contributed by atoms with Crippen molar-refractivity contribution in [1.82, 2.24) is 9.55 Å². The van der Waals surface area contributed by atoms with Crippen LogP contribution in [0.3, 0.4) is 0 Å². The number of nitrogens with zero attached hydrogens (tertiary/aromatic N) is 4. The molecule has 1 aromatic carbocycles. The second-order valence-corrected chi connectivity index (χ2v) is 5.32. The van der Waals surface area contributed by atoms with Crippen molar-refractivity contribution in [3.8, 4) is 6.07 Å². The molecule has 0 saturated carbocycles. The average Bonchev–Trinajstić information content (AvgIpc) is 2.48. The highest BCUT2D eigenvalue weighted by atomic mass is 16.1. The van der Waals surface area contributed by atoms with E-state index >= 15 is 0 Å². The van der Waals surface area contributed by atoms with Crippen LogP contribution in [0.2, 0.25) is 0 Å². The van der Waals surface area contributed by atoms with Gasteiger partial charge >= 0.3 is 0 Å². The van der Waals surface area contributed by atoms with Crippen molar-refractivity contribution in [3.63, 3.8) is 0 Å². The van der Waals surface area contributed by atoms with Gasteiger partial charge in [-0.3, -0.25) is 4.79 Å². The van der Waals surface area contributed by atoms with Crippen LogP contribution >= 0.6 is 0 Å². The lowest BCUT2D eigenvalue weighted by molar-refractivity contribution is 0.509. The van der Waals surface area contributed by atoms with Gasteiger partial charge < -0.3 is 9.47 Å². The SMILES string of the molecule is CC(C)Cn1ccnc(N(C)c2ccc(C#N)cc2)c1=O. The Bertz CT molecular complexity index is 710. The molecule has 0 saturated heterocycles. The zero-order chi connectivity index (χ0) is 15.4. The molecule has 0 amide bonds. The lowest BCUT2D eigenvalue weighted by atomic mass is 10.2. The molecule has 108 valence electrons. The number of hydrogen-bond donors (Lipinski definition) is 0. The summed E-state index contributed by atoms with van der Waals surface area (Å²) in [5.41, 5.74) is 1.30. The van der Waals surface area contributed by atoms with Crippen molar-refractivity contribution in [2.24, 2.45) is 5.92 Å². The highest BCUT2D eigenvalue weighted by molar-refractivity contribution is 5.59. The minimum Gasteiger partial charge on any atom is -0.325 e. The lowest BCUT2D eigenvalue weighted by Gasteiger charge is -2.19. The molecule has 21 heavy (non-hydrogen) atoms. The van der Waals surface area contributed by atoms with Crippen LogP contribution in [0.25, 0.3) is 0 Å². The van der Waals surface area contributed by atoms with Crippen LogP contribution in [-0.4, -0.2) is 16.6 Å². The molecule has 1 aromatic heterocycles. The topological polar surface area (TPSA) is 61.9 Å². The predicted octanol–water partition coefficient (Wildman–Crippen LogP) is 2.54. The van der Waals surface area contributed by atoms with Crippen molar-refractivity contribution in [2.75, 3.05) is 11.9 Å². The summed E-state index contributed by atoms with van der Waals surface area (Å²) in [5.74, 6) is 0.765. The molecular formula is C16H18N4O. The normalized spacial score (nSPS) is 10.4. The third-order valence-corrected chi connectivity index (χ3v) is 3.16. The summed E-state index contributed by atoms with van der Waals surface area (Å²) in [6.07, 6.45) is 3.34. The number of nitriles is 1. The smallest absolute Gasteiger partial charge is 0.293 e. The van der Waals surface area contributed by atoms with Crippen LogP contribution < -0.4 is 10.5 Å². The maximum Gasteiger partial charge on any atom is 0.293 e. The van der Waals surface area contributed by atoms with E-state index in [9.17, 15) is 4.79 Å². The Labute approximate surface area is 124 Å². The van der Waals surface area contributed by atoms with Crippen LogP contribution in [0.4, 0.5) is 11.5 Å². The van der Waals surface area contributed by atoms with E-state index in [1.807, 2.05) is 0 Å². The third-order valence-electron chi connectivity index (χ3n) is 3.16. The molecule has 0 atom stereocenters. The molecule has 0 aliphatic carbocycles. The quantitative estimate of drug-likeness (QED) is 0.864. The number of rotatable bonds is 4. The van der Waals surface area contributed by atoms with Gasteiger partial charge in [0.25, 0.3) is 5.56 Å². The maximum atomic E-state index is 12.4. The van der Waals surface area contributed by atoms with Gasteiger partial charge in [-0.25, -0.2) is 4.98 Å². The second-order valence-electron chi connectivity index (χ2n) is 5.32. The van der Waals surface area contributed by atoms with Crippen molar-refractivity contribution in [2.45, 2.75) is 20.4 Å². The first-order valence-electron chi connectivity index (χ1n) is 6.82. The van der Waals surface area contributed by atoms with E-state index in [0.29, 0.717) is 23.8 Å². The van der Waals surface area contributed by atoms with Crippen LogP contribution in [0.1, 0.15) is 19.4 Å². The number of aromatic nitrogens is 2. The molecular weight excluding hydrogens is 264 g/mol. The van der Waals surface area contributed by atoms with Gasteiger partial charge in [0.2, 0.25) is 0 Å².